The summed E-state index contributed by atoms with van der Waals surface area (Å²) >= 11 is 0. The second-order valence-corrected chi connectivity index (χ2v) is 2.89. The van der Waals surface area contributed by atoms with Gasteiger partial charge in [-0.2, -0.15) is 0 Å². The molecule has 1 aromatic rings. The van der Waals surface area contributed by atoms with Crippen molar-refractivity contribution >= 4 is 5.97 Å². The number of esters is 1. The van der Waals surface area contributed by atoms with Crippen molar-refractivity contribution in [2.75, 3.05) is 14.2 Å². The third-order valence-corrected chi connectivity index (χ3v) is 1.79. The van der Waals surface area contributed by atoms with E-state index in [-0.39, 0.29) is 0 Å². The van der Waals surface area contributed by atoms with Crippen LogP contribution in [0.25, 0.3) is 0 Å². The summed E-state index contributed by atoms with van der Waals surface area (Å²) in [5.41, 5.74) is -0.711. The molecule has 9 heteroatoms. The molecule has 1 heterocycles. The van der Waals surface area contributed by atoms with E-state index < -0.39 is 35.3 Å². The number of alkyl halides is 3. The third kappa shape index (κ3) is 2.93. The zero-order chi connectivity index (χ0) is 13.9. The standard InChI is InChI=1S/C9H8F3NO5/c1-16-4-3-13-5(8(15)17-2)6(14)7(4)18-9(10,11)12/h3,14H,1-2H3. The van der Waals surface area contributed by atoms with Gasteiger partial charge in [0.05, 0.1) is 20.4 Å². The predicted molar refractivity (Wildman–Crippen MR) is 50.5 cm³/mol. The predicted octanol–water partition coefficient (Wildman–Crippen LogP) is 1.48. The molecule has 0 unspecified atom stereocenters. The number of aromatic hydroxyl groups is 1. The van der Waals surface area contributed by atoms with Crippen molar-refractivity contribution in [3.8, 4) is 17.2 Å². The molecular weight excluding hydrogens is 259 g/mol. The number of nitrogens with zero attached hydrogens (tertiary/aromatic N) is 1. The molecule has 0 aliphatic rings. The van der Waals surface area contributed by atoms with Crippen LogP contribution in [-0.4, -0.2) is 36.6 Å². The van der Waals surface area contributed by atoms with Gasteiger partial charge in [-0.3, -0.25) is 0 Å². The van der Waals surface area contributed by atoms with Crippen molar-refractivity contribution < 1.29 is 37.3 Å². The number of ether oxygens (including phenoxy) is 3. The van der Waals surface area contributed by atoms with Crippen LogP contribution in [0, 0.1) is 0 Å². The number of methoxy groups -OCH3 is 2. The fraction of sp³-hybridized carbons (Fsp3) is 0.333. The Morgan fingerprint density at radius 1 is 1.39 bits per heavy atom. The monoisotopic (exact) mass is 267 g/mol. The van der Waals surface area contributed by atoms with Crippen LogP contribution in [0.3, 0.4) is 0 Å². The zero-order valence-corrected chi connectivity index (χ0v) is 9.24. The fourth-order valence-corrected chi connectivity index (χ4v) is 1.07. The van der Waals surface area contributed by atoms with E-state index in [4.69, 9.17) is 0 Å². The Morgan fingerprint density at radius 2 is 2.00 bits per heavy atom. The molecule has 1 aromatic heterocycles. The Kier molecular flexibility index (Phi) is 3.84. The number of halogens is 3. The van der Waals surface area contributed by atoms with Gasteiger partial charge in [0, 0.05) is 0 Å². The Bertz CT molecular complexity index is 460. The van der Waals surface area contributed by atoms with Gasteiger partial charge in [-0.05, 0) is 0 Å². The molecule has 0 aliphatic carbocycles. The van der Waals surface area contributed by atoms with Gasteiger partial charge in [-0.15, -0.1) is 13.2 Å². The van der Waals surface area contributed by atoms with Crippen molar-refractivity contribution in [1.82, 2.24) is 4.98 Å². The van der Waals surface area contributed by atoms with E-state index in [1.165, 1.54) is 0 Å². The summed E-state index contributed by atoms with van der Waals surface area (Å²) in [6, 6.07) is 0. The number of pyridine rings is 1. The van der Waals surface area contributed by atoms with Gasteiger partial charge in [0.25, 0.3) is 0 Å². The number of aromatic nitrogens is 1. The van der Waals surface area contributed by atoms with Gasteiger partial charge in [-0.1, -0.05) is 0 Å². The lowest BCUT2D eigenvalue weighted by Gasteiger charge is -2.14. The minimum atomic E-state index is -5.06. The number of carbonyl (C=O) groups excluding carboxylic acids is 1. The highest BCUT2D eigenvalue weighted by molar-refractivity contribution is 5.91. The molecular formula is C9H8F3NO5. The molecule has 0 saturated heterocycles. The fourth-order valence-electron chi connectivity index (χ4n) is 1.07. The topological polar surface area (TPSA) is 77.9 Å². The molecule has 0 aliphatic heterocycles. The van der Waals surface area contributed by atoms with Gasteiger partial charge in [-0.25, -0.2) is 9.78 Å². The first-order valence-corrected chi connectivity index (χ1v) is 4.40. The van der Waals surface area contributed by atoms with Crippen LogP contribution in [0.15, 0.2) is 6.20 Å². The van der Waals surface area contributed by atoms with Crippen LogP contribution in [0.5, 0.6) is 17.2 Å². The number of hydrogen-bond donors (Lipinski definition) is 1. The van der Waals surface area contributed by atoms with E-state index in [9.17, 15) is 23.1 Å². The summed E-state index contributed by atoms with van der Waals surface area (Å²) in [6.45, 7) is 0. The SMILES string of the molecule is COC(=O)c1ncc(OC)c(OC(F)(F)F)c1O. The summed E-state index contributed by atoms with van der Waals surface area (Å²) in [5.74, 6) is -3.75. The van der Waals surface area contributed by atoms with Crippen molar-refractivity contribution in [1.29, 1.82) is 0 Å². The minimum absolute atomic E-state index is 0.475. The van der Waals surface area contributed by atoms with Crippen molar-refractivity contribution in [2.24, 2.45) is 0 Å². The Labute approximate surface area is 98.9 Å². The van der Waals surface area contributed by atoms with Crippen LogP contribution >= 0.6 is 0 Å². The van der Waals surface area contributed by atoms with Gasteiger partial charge < -0.3 is 19.3 Å². The zero-order valence-electron chi connectivity index (χ0n) is 9.24. The molecule has 1 rings (SSSR count). The van der Waals surface area contributed by atoms with Gasteiger partial charge in [0.2, 0.25) is 5.75 Å². The molecule has 0 bridgehead atoms. The highest BCUT2D eigenvalue weighted by atomic mass is 19.4. The van der Waals surface area contributed by atoms with E-state index in [0.29, 0.717) is 0 Å². The maximum absolute atomic E-state index is 12.1. The van der Waals surface area contributed by atoms with Crippen molar-refractivity contribution in [3.05, 3.63) is 11.9 Å². The molecule has 1 N–H and O–H groups in total. The average molecular weight is 267 g/mol. The van der Waals surface area contributed by atoms with Crippen LogP contribution in [0.1, 0.15) is 10.5 Å². The summed E-state index contributed by atoms with van der Waals surface area (Å²) in [4.78, 5) is 14.5. The highest BCUT2D eigenvalue weighted by Gasteiger charge is 2.35. The Balaban J connectivity index is 3.31. The lowest BCUT2D eigenvalue weighted by molar-refractivity contribution is -0.275. The molecule has 0 atom stereocenters. The van der Waals surface area contributed by atoms with Gasteiger partial charge in [0.15, 0.2) is 17.2 Å². The molecule has 18 heavy (non-hydrogen) atoms. The van der Waals surface area contributed by atoms with Crippen LogP contribution in [0.4, 0.5) is 13.2 Å². The third-order valence-electron chi connectivity index (χ3n) is 1.79. The minimum Gasteiger partial charge on any atom is -0.502 e. The molecule has 0 fully saturated rings. The number of hydrogen-bond acceptors (Lipinski definition) is 6. The lowest BCUT2D eigenvalue weighted by atomic mass is 10.3. The quantitative estimate of drug-likeness (QED) is 0.836. The van der Waals surface area contributed by atoms with Crippen molar-refractivity contribution in [3.63, 3.8) is 0 Å². The van der Waals surface area contributed by atoms with E-state index in [1.54, 1.807) is 0 Å². The second-order valence-electron chi connectivity index (χ2n) is 2.89. The largest absolute Gasteiger partial charge is 0.573 e. The van der Waals surface area contributed by atoms with Crippen molar-refractivity contribution in [2.45, 2.75) is 6.36 Å². The molecule has 0 amide bonds. The first-order valence-electron chi connectivity index (χ1n) is 4.40. The maximum atomic E-state index is 12.1. The van der Waals surface area contributed by atoms with E-state index in [0.717, 1.165) is 20.4 Å². The van der Waals surface area contributed by atoms with E-state index in [2.05, 4.69) is 19.2 Å². The number of rotatable bonds is 3. The number of carbonyl (C=O) groups is 1. The average Bonchev–Trinajstić information content (AvgIpc) is 2.29. The molecule has 0 spiro atoms. The summed E-state index contributed by atoms with van der Waals surface area (Å²) in [7, 11) is 2.04. The highest BCUT2D eigenvalue weighted by Crippen LogP contribution is 2.40. The smallest absolute Gasteiger partial charge is 0.502 e. The van der Waals surface area contributed by atoms with E-state index in [1.807, 2.05) is 0 Å². The molecule has 0 aromatic carbocycles. The van der Waals surface area contributed by atoms with Crippen LogP contribution in [-0.2, 0) is 4.74 Å². The van der Waals surface area contributed by atoms with Gasteiger partial charge in [0.1, 0.15) is 0 Å². The van der Waals surface area contributed by atoms with Gasteiger partial charge >= 0.3 is 12.3 Å². The first kappa shape index (κ1) is 13.9. The van der Waals surface area contributed by atoms with Crippen LogP contribution < -0.4 is 9.47 Å². The van der Waals surface area contributed by atoms with Crippen LogP contribution in [0.2, 0.25) is 0 Å². The maximum Gasteiger partial charge on any atom is 0.573 e. The Morgan fingerprint density at radius 3 is 2.44 bits per heavy atom. The lowest BCUT2D eigenvalue weighted by Crippen LogP contribution is -2.18. The Hall–Kier alpha value is -2.19. The molecule has 6 nitrogen and oxygen atoms in total. The molecule has 100 valence electrons. The normalized spacial score (nSPS) is 10.9. The summed E-state index contributed by atoms with van der Waals surface area (Å²) < 4.78 is 48.7. The first-order chi connectivity index (χ1) is 8.30. The molecule has 0 radical (unpaired) electrons. The molecule has 0 saturated carbocycles. The van der Waals surface area contributed by atoms with E-state index >= 15 is 0 Å². The summed E-state index contributed by atoms with van der Waals surface area (Å²) in [6.07, 6.45) is -4.26. The summed E-state index contributed by atoms with van der Waals surface area (Å²) in [5, 5.41) is 9.50. The second kappa shape index (κ2) is 4.98.